The standard InChI is InChI=1S/C8H7F5N2O/c1-16-4-2-3(7(9)10)15-6(5(4)14)8(11,12)13/h2,7H,14H2,1H3. The monoisotopic (exact) mass is 242 g/mol. The molecule has 0 aliphatic heterocycles. The topological polar surface area (TPSA) is 48.1 Å². The zero-order chi connectivity index (χ0) is 12.5. The van der Waals surface area contributed by atoms with Crippen molar-refractivity contribution in [1.29, 1.82) is 0 Å². The summed E-state index contributed by atoms with van der Waals surface area (Å²) < 4.78 is 66.1. The minimum atomic E-state index is -4.90. The summed E-state index contributed by atoms with van der Waals surface area (Å²) in [5, 5.41) is 0. The average molecular weight is 242 g/mol. The van der Waals surface area contributed by atoms with Crippen LogP contribution >= 0.6 is 0 Å². The first kappa shape index (κ1) is 12.5. The van der Waals surface area contributed by atoms with E-state index in [9.17, 15) is 22.0 Å². The third kappa shape index (κ3) is 2.31. The molecule has 0 aliphatic rings. The first-order valence-electron chi connectivity index (χ1n) is 3.97. The van der Waals surface area contributed by atoms with Gasteiger partial charge in [0.25, 0.3) is 6.43 Å². The molecule has 1 heterocycles. The first-order valence-corrected chi connectivity index (χ1v) is 3.97. The van der Waals surface area contributed by atoms with Crippen molar-refractivity contribution in [1.82, 2.24) is 4.98 Å². The minimum Gasteiger partial charge on any atom is -0.494 e. The van der Waals surface area contributed by atoms with E-state index in [2.05, 4.69) is 9.72 Å². The molecule has 90 valence electrons. The molecule has 0 radical (unpaired) electrons. The number of methoxy groups -OCH3 is 1. The van der Waals surface area contributed by atoms with Crippen molar-refractivity contribution in [3.05, 3.63) is 17.5 Å². The van der Waals surface area contributed by atoms with Crippen molar-refractivity contribution in [2.24, 2.45) is 0 Å². The van der Waals surface area contributed by atoms with Gasteiger partial charge in [-0.05, 0) is 0 Å². The fourth-order valence-electron chi connectivity index (χ4n) is 1.05. The molecule has 0 amide bonds. The number of pyridine rings is 1. The van der Waals surface area contributed by atoms with Crippen molar-refractivity contribution >= 4 is 5.69 Å². The Labute approximate surface area is 87.0 Å². The first-order chi connectivity index (χ1) is 7.27. The van der Waals surface area contributed by atoms with Gasteiger partial charge in [0, 0.05) is 6.07 Å². The van der Waals surface area contributed by atoms with E-state index in [0.717, 1.165) is 7.11 Å². The highest BCUT2D eigenvalue weighted by molar-refractivity contribution is 5.57. The van der Waals surface area contributed by atoms with E-state index in [1.807, 2.05) is 0 Å². The Bertz CT molecular complexity index is 391. The van der Waals surface area contributed by atoms with Gasteiger partial charge in [0.2, 0.25) is 0 Å². The quantitative estimate of drug-likeness (QED) is 0.811. The molecule has 1 aromatic rings. The molecule has 0 bridgehead atoms. The van der Waals surface area contributed by atoms with Crippen LogP contribution in [0.15, 0.2) is 6.07 Å². The Balaban J connectivity index is 3.42. The average Bonchev–Trinajstić information content (AvgIpc) is 2.15. The lowest BCUT2D eigenvalue weighted by Crippen LogP contribution is -2.14. The minimum absolute atomic E-state index is 0.474. The van der Waals surface area contributed by atoms with Crippen LogP contribution < -0.4 is 10.5 Å². The molecule has 1 rings (SSSR count). The summed E-state index contributed by atoms with van der Waals surface area (Å²) in [7, 11) is 1.03. The molecule has 16 heavy (non-hydrogen) atoms. The number of rotatable bonds is 2. The molecule has 0 spiro atoms. The van der Waals surface area contributed by atoms with Gasteiger partial charge < -0.3 is 10.5 Å². The fourth-order valence-corrected chi connectivity index (χ4v) is 1.05. The molecule has 3 nitrogen and oxygen atoms in total. The lowest BCUT2D eigenvalue weighted by Gasteiger charge is -2.13. The van der Waals surface area contributed by atoms with E-state index in [1.165, 1.54) is 0 Å². The summed E-state index contributed by atoms with van der Waals surface area (Å²) in [4.78, 5) is 2.77. The van der Waals surface area contributed by atoms with Crippen LogP contribution in [-0.2, 0) is 6.18 Å². The summed E-state index contributed by atoms with van der Waals surface area (Å²) >= 11 is 0. The SMILES string of the molecule is COc1cc(C(F)F)nc(C(F)(F)F)c1N. The van der Waals surface area contributed by atoms with E-state index < -0.39 is 35.4 Å². The predicted molar refractivity (Wildman–Crippen MR) is 45.2 cm³/mol. The molecule has 0 aliphatic carbocycles. The maximum atomic E-state index is 12.4. The van der Waals surface area contributed by atoms with Crippen LogP contribution in [0.1, 0.15) is 17.8 Å². The summed E-state index contributed by atoms with van der Waals surface area (Å²) in [6.07, 6.45) is -8.03. The van der Waals surface area contributed by atoms with Crippen molar-refractivity contribution in [3.63, 3.8) is 0 Å². The Morgan fingerprint density at radius 1 is 1.38 bits per heavy atom. The Hall–Kier alpha value is -1.60. The smallest absolute Gasteiger partial charge is 0.435 e. The number of nitrogen functional groups attached to an aromatic ring is 1. The zero-order valence-corrected chi connectivity index (χ0v) is 7.98. The van der Waals surface area contributed by atoms with Crippen molar-refractivity contribution in [2.75, 3.05) is 12.8 Å². The predicted octanol–water partition coefficient (Wildman–Crippen LogP) is 2.63. The van der Waals surface area contributed by atoms with Crippen LogP contribution in [0, 0.1) is 0 Å². The third-order valence-electron chi connectivity index (χ3n) is 1.75. The number of halogens is 5. The molecule has 1 aromatic heterocycles. The molecular formula is C8H7F5N2O. The summed E-state index contributed by atoms with van der Waals surface area (Å²) in [5.74, 6) is -0.474. The Morgan fingerprint density at radius 3 is 2.31 bits per heavy atom. The fraction of sp³-hybridized carbons (Fsp3) is 0.375. The summed E-state index contributed by atoms with van der Waals surface area (Å²) in [5.41, 5.74) is 1.69. The highest BCUT2D eigenvalue weighted by atomic mass is 19.4. The number of ether oxygens (including phenoxy) is 1. The van der Waals surface area contributed by atoms with Gasteiger partial charge in [0.15, 0.2) is 5.69 Å². The number of hydrogen-bond donors (Lipinski definition) is 1. The van der Waals surface area contributed by atoms with Crippen LogP contribution in [-0.4, -0.2) is 12.1 Å². The number of alkyl halides is 5. The molecule has 0 unspecified atom stereocenters. The third-order valence-corrected chi connectivity index (χ3v) is 1.75. The van der Waals surface area contributed by atoms with Crippen LogP contribution in [0.3, 0.4) is 0 Å². The molecular weight excluding hydrogens is 235 g/mol. The number of hydrogen-bond acceptors (Lipinski definition) is 3. The molecule has 0 saturated heterocycles. The van der Waals surface area contributed by atoms with Gasteiger partial charge in [-0.2, -0.15) is 13.2 Å². The van der Waals surface area contributed by atoms with Gasteiger partial charge in [-0.3, -0.25) is 0 Å². The summed E-state index contributed by atoms with van der Waals surface area (Å²) in [6, 6.07) is 0.676. The van der Waals surface area contributed by atoms with Crippen molar-refractivity contribution in [2.45, 2.75) is 12.6 Å². The zero-order valence-electron chi connectivity index (χ0n) is 7.98. The second-order valence-corrected chi connectivity index (χ2v) is 2.81. The lowest BCUT2D eigenvalue weighted by atomic mass is 10.2. The van der Waals surface area contributed by atoms with Crippen LogP contribution in [0.5, 0.6) is 5.75 Å². The van der Waals surface area contributed by atoms with Crippen molar-refractivity contribution < 1.29 is 26.7 Å². The van der Waals surface area contributed by atoms with Crippen LogP contribution in [0.4, 0.5) is 27.6 Å². The Kier molecular flexibility index (Phi) is 3.20. The number of anilines is 1. The molecule has 0 aromatic carbocycles. The second kappa shape index (κ2) is 4.11. The van der Waals surface area contributed by atoms with Crippen LogP contribution in [0.25, 0.3) is 0 Å². The number of aromatic nitrogens is 1. The highest BCUT2D eigenvalue weighted by Crippen LogP contribution is 2.38. The number of nitrogens with zero attached hydrogens (tertiary/aromatic N) is 1. The maximum Gasteiger partial charge on any atom is 0.435 e. The van der Waals surface area contributed by atoms with E-state index in [1.54, 1.807) is 0 Å². The van der Waals surface area contributed by atoms with E-state index in [0.29, 0.717) is 6.07 Å². The molecule has 2 N–H and O–H groups in total. The Morgan fingerprint density at radius 2 is 1.94 bits per heavy atom. The van der Waals surface area contributed by atoms with E-state index >= 15 is 0 Å². The molecule has 0 saturated carbocycles. The maximum absolute atomic E-state index is 12.4. The van der Waals surface area contributed by atoms with Gasteiger partial charge in [0.1, 0.15) is 17.1 Å². The van der Waals surface area contributed by atoms with E-state index in [4.69, 9.17) is 5.73 Å². The molecule has 0 atom stereocenters. The van der Waals surface area contributed by atoms with Gasteiger partial charge >= 0.3 is 6.18 Å². The highest BCUT2D eigenvalue weighted by Gasteiger charge is 2.37. The number of nitrogens with two attached hydrogens (primary N) is 1. The molecule has 8 heteroatoms. The lowest BCUT2D eigenvalue weighted by molar-refractivity contribution is -0.140. The van der Waals surface area contributed by atoms with Crippen LogP contribution in [0.2, 0.25) is 0 Å². The summed E-state index contributed by atoms with van der Waals surface area (Å²) in [6.45, 7) is 0. The van der Waals surface area contributed by atoms with E-state index in [-0.39, 0.29) is 0 Å². The van der Waals surface area contributed by atoms with Gasteiger partial charge in [0.05, 0.1) is 7.11 Å². The van der Waals surface area contributed by atoms with Gasteiger partial charge in [-0.1, -0.05) is 0 Å². The van der Waals surface area contributed by atoms with Gasteiger partial charge in [-0.15, -0.1) is 0 Å². The van der Waals surface area contributed by atoms with Crippen molar-refractivity contribution in [3.8, 4) is 5.75 Å². The largest absolute Gasteiger partial charge is 0.494 e. The molecule has 0 fully saturated rings. The second-order valence-electron chi connectivity index (χ2n) is 2.81. The normalized spacial score (nSPS) is 11.9. The van der Waals surface area contributed by atoms with Gasteiger partial charge in [-0.25, -0.2) is 13.8 Å².